The van der Waals surface area contributed by atoms with Crippen LogP contribution in [0.25, 0.3) is 27.5 Å². The van der Waals surface area contributed by atoms with Crippen LogP contribution < -0.4 is 9.80 Å². The summed E-state index contributed by atoms with van der Waals surface area (Å²) in [7, 11) is 0. The predicted octanol–water partition coefficient (Wildman–Crippen LogP) is 14.7. The maximum absolute atomic E-state index is 2.60. The van der Waals surface area contributed by atoms with E-state index in [9.17, 15) is 0 Å². The van der Waals surface area contributed by atoms with Crippen LogP contribution in [0.2, 0.25) is 0 Å². The Labute approximate surface area is 354 Å². The normalized spacial score (nSPS) is 15.8. The lowest BCUT2D eigenvalue weighted by Crippen LogP contribution is -2.41. The number of allylic oxidation sites excluding steroid dienone is 4. The van der Waals surface area contributed by atoms with Gasteiger partial charge in [0.2, 0.25) is 0 Å². The van der Waals surface area contributed by atoms with E-state index >= 15 is 0 Å². The summed E-state index contributed by atoms with van der Waals surface area (Å²) in [6.45, 7) is 0. The van der Waals surface area contributed by atoms with Crippen LogP contribution in [0.3, 0.4) is 0 Å². The lowest BCUT2D eigenvalue weighted by molar-refractivity contribution is 0.686. The molecule has 9 aromatic rings. The minimum absolute atomic E-state index is 0.607. The third-order valence-electron chi connectivity index (χ3n) is 13.3. The summed E-state index contributed by atoms with van der Waals surface area (Å²) in [5.74, 6) is 0. The molecule has 0 radical (unpaired) electrons. The smallest absolute Gasteiger partial charge is 0.0762 e. The van der Waals surface area contributed by atoms with E-state index in [-0.39, 0.29) is 0 Å². The first-order chi connectivity index (χ1) is 29.8. The zero-order valence-corrected chi connectivity index (χ0v) is 33.7. The monoisotopic (exact) mass is 785 g/mol. The van der Waals surface area contributed by atoms with E-state index in [0.717, 1.165) is 24.9 Å². The molecule has 0 unspecified atom stereocenters. The molecule has 284 valence electrons. The minimum Gasteiger partial charge on any atom is -0.314 e. The van der Waals surface area contributed by atoms with E-state index in [0.29, 0.717) is 0 Å². The fourth-order valence-electron chi connectivity index (χ4n) is 10.9. The van der Waals surface area contributed by atoms with Gasteiger partial charge in [0.15, 0.2) is 0 Å². The fourth-order valence-corrected chi connectivity index (χ4v) is 12.1. The summed E-state index contributed by atoms with van der Waals surface area (Å²) < 4.78 is 2.48. The van der Waals surface area contributed by atoms with Crippen LogP contribution in [0.4, 0.5) is 28.4 Å². The Morgan fingerprint density at radius 2 is 0.983 bits per heavy atom. The van der Waals surface area contributed by atoms with Crippen LogP contribution in [0, 0.1) is 0 Å². The number of aromatic nitrogens is 1. The Bertz CT molecular complexity index is 3150. The average Bonchev–Trinajstić information content (AvgIpc) is 3.65. The molecule has 0 fully saturated rings. The molecule has 1 aliphatic carbocycles. The molecule has 3 nitrogen and oxygen atoms in total. The number of hydrogen-bond donors (Lipinski definition) is 0. The van der Waals surface area contributed by atoms with Crippen molar-refractivity contribution in [1.29, 1.82) is 0 Å². The maximum atomic E-state index is 2.60. The van der Waals surface area contributed by atoms with Gasteiger partial charge in [-0.2, -0.15) is 0 Å². The quantitative estimate of drug-likeness (QED) is 0.177. The molecule has 3 aliphatic heterocycles. The molecule has 60 heavy (non-hydrogen) atoms. The highest BCUT2D eigenvalue weighted by molar-refractivity contribution is 8.03. The van der Waals surface area contributed by atoms with Crippen LogP contribution in [-0.2, 0) is 11.8 Å². The lowest BCUT2D eigenvalue weighted by atomic mass is 9.60. The number of rotatable bonds is 3. The summed E-state index contributed by atoms with van der Waals surface area (Å²) in [6.07, 6.45) is 5.47. The van der Waals surface area contributed by atoms with Crippen molar-refractivity contribution in [2.75, 3.05) is 9.80 Å². The number of para-hydroxylation sites is 7. The molecule has 0 saturated heterocycles. The van der Waals surface area contributed by atoms with E-state index < -0.39 is 5.41 Å². The van der Waals surface area contributed by atoms with Crippen LogP contribution >= 0.6 is 11.8 Å². The molecule has 0 bridgehead atoms. The van der Waals surface area contributed by atoms with Crippen LogP contribution in [0.1, 0.15) is 40.7 Å². The van der Waals surface area contributed by atoms with E-state index in [1.165, 1.54) is 99.1 Å². The van der Waals surface area contributed by atoms with Crippen LogP contribution in [-0.4, -0.2) is 4.57 Å². The average molecular weight is 786 g/mol. The Morgan fingerprint density at radius 3 is 1.63 bits per heavy atom. The molecule has 0 saturated carbocycles. The van der Waals surface area contributed by atoms with Gasteiger partial charge in [0.05, 0.1) is 27.8 Å². The molecule has 1 aromatic heterocycles. The second-order valence-electron chi connectivity index (χ2n) is 16.3. The molecule has 0 N–H and O–H groups in total. The summed E-state index contributed by atoms with van der Waals surface area (Å²) in [4.78, 5) is 7.84. The highest BCUT2D eigenvalue weighted by Crippen LogP contribution is 2.65. The Kier molecular flexibility index (Phi) is 7.34. The number of hydrogen-bond acceptors (Lipinski definition) is 3. The summed E-state index contributed by atoms with van der Waals surface area (Å²) in [5, 5.41) is 2.54. The van der Waals surface area contributed by atoms with Gasteiger partial charge in [0, 0.05) is 50.5 Å². The van der Waals surface area contributed by atoms with Gasteiger partial charge in [0.1, 0.15) is 0 Å². The van der Waals surface area contributed by atoms with E-state index in [4.69, 9.17) is 0 Å². The van der Waals surface area contributed by atoms with Crippen molar-refractivity contribution < 1.29 is 0 Å². The van der Waals surface area contributed by atoms with Gasteiger partial charge in [-0.15, -0.1) is 0 Å². The van der Waals surface area contributed by atoms with E-state index in [1.54, 1.807) is 0 Å². The van der Waals surface area contributed by atoms with Crippen molar-refractivity contribution in [2.24, 2.45) is 0 Å². The summed E-state index contributed by atoms with van der Waals surface area (Å²) >= 11 is 1.98. The molecule has 8 aromatic carbocycles. The van der Waals surface area contributed by atoms with Crippen LogP contribution in [0.5, 0.6) is 0 Å². The molecule has 4 heteroatoms. The number of anilines is 5. The van der Waals surface area contributed by atoms with Gasteiger partial charge in [0.25, 0.3) is 0 Å². The largest absolute Gasteiger partial charge is 0.314 e. The number of nitrogens with zero attached hydrogens (tertiary/aromatic N) is 3. The zero-order chi connectivity index (χ0) is 39.4. The van der Waals surface area contributed by atoms with Gasteiger partial charge in [-0.25, -0.2) is 0 Å². The van der Waals surface area contributed by atoms with E-state index in [1.807, 2.05) is 11.8 Å². The van der Waals surface area contributed by atoms with Gasteiger partial charge in [-0.3, -0.25) is 0 Å². The number of thioether (sulfide) groups is 1. The van der Waals surface area contributed by atoms with Crippen molar-refractivity contribution in [1.82, 2.24) is 4.57 Å². The molecule has 0 amide bonds. The van der Waals surface area contributed by atoms with Crippen molar-refractivity contribution in [3.63, 3.8) is 0 Å². The second kappa shape index (κ2) is 13.0. The highest BCUT2D eigenvalue weighted by Gasteiger charge is 2.52. The first kappa shape index (κ1) is 33.9. The van der Waals surface area contributed by atoms with E-state index in [2.05, 4.69) is 215 Å². The summed E-state index contributed by atoms with van der Waals surface area (Å²) in [5.41, 5.74) is 18.6. The molecule has 4 heterocycles. The zero-order valence-electron chi connectivity index (χ0n) is 32.9. The lowest BCUT2D eigenvalue weighted by Gasteiger charge is -2.50. The van der Waals surface area contributed by atoms with Gasteiger partial charge in [-0.1, -0.05) is 139 Å². The van der Waals surface area contributed by atoms with Crippen LogP contribution in [0.15, 0.2) is 221 Å². The van der Waals surface area contributed by atoms with Gasteiger partial charge < -0.3 is 14.4 Å². The standard InChI is InChI=1S/C56H39N3S/c1-2-18-39(19-3-1)57-52-28-14-8-22-44(52)56(45-23-9-15-29-53(45)57)46-35-40(58-48-24-10-4-16-37(48)34-38-17-5-11-25-49(38)58)30-32-54(46)60-55-33-31-41(36-47(55)56)59-50-26-12-6-20-42(50)43-21-7-13-27-51(43)59/h1-29,31,33,35-36H,30,32,34H2. The molecule has 0 atom stereocenters. The predicted molar refractivity (Wildman–Crippen MR) is 250 cm³/mol. The fraction of sp³-hybridized carbons (Fsp3) is 0.0714. The van der Waals surface area contributed by atoms with Crippen molar-refractivity contribution in [2.45, 2.75) is 29.6 Å². The van der Waals surface area contributed by atoms with Crippen molar-refractivity contribution in [3.05, 3.63) is 244 Å². The summed E-state index contributed by atoms with van der Waals surface area (Å²) in [6, 6.07) is 72.4. The Hall–Kier alpha value is -7.01. The third kappa shape index (κ3) is 4.68. The number of fused-ring (bicyclic) bond motifs is 12. The molecule has 13 rings (SSSR count). The van der Waals surface area contributed by atoms with Crippen molar-refractivity contribution in [3.8, 4) is 5.69 Å². The second-order valence-corrected chi connectivity index (χ2v) is 17.5. The maximum Gasteiger partial charge on any atom is 0.0762 e. The molecular weight excluding hydrogens is 747 g/mol. The van der Waals surface area contributed by atoms with Gasteiger partial charge >= 0.3 is 0 Å². The Balaban J connectivity index is 1.13. The first-order valence-electron chi connectivity index (χ1n) is 21.0. The molecule has 4 aliphatic rings. The van der Waals surface area contributed by atoms with Gasteiger partial charge in [-0.05, 0) is 124 Å². The molecule has 1 spiro atoms. The minimum atomic E-state index is -0.607. The highest BCUT2D eigenvalue weighted by atomic mass is 32.2. The number of benzene rings is 8. The van der Waals surface area contributed by atoms with Crippen molar-refractivity contribution >= 4 is 62.0 Å². The SMILES string of the molecule is C1=C(N2c3ccccc3Cc3ccccc32)CCC2=C1C1(c3cc(-n4c5ccccc5c5ccccc54)ccc3S2)c2ccccc2N(c2ccccc2)c2ccccc21. The topological polar surface area (TPSA) is 11.4 Å². The Morgan fingerprint density at radius 1 is 0.433 bits per heavy atom. The first-order valence-corrected chi connectivity index (χ1v) is 21.8. The third-order valence-corrected chi connectivity index (χ3v) is 14.6. The molecular formula is C56H39N3S.